The highest BCUT2D eigenvalue weighted by atomic mass is 16.5. The van der Waals surface area contributed by atoms with Crippen molar-refractivity contribution >= 4 is 5.91 Å². The lowest BCUT2D eigenvalue weighted by Gasteiger charge is -2.61. The first-order valence-electron chi connectivity index (χ1n) is 14.7. The Kier molecular flexibility index (Phi) is 8.36. The molecule has 1 heterocycles. The van der Waals surface area contributed by atoms with Crippen molar-refractivity contribution in [2.45, 2.75) is 88.1 Å². The molecule has 0 bridgehead atoms. The molecule has 13 atom stereocenters. The van der Waals surface area contributed by atoms with Crippen molar-refractivity contribution < 1.29 is 45.3 Å². The molecule has 10 unspecified atom stereocenters. The highest BCUT2D eigenvalue weighted by Crippen LogP contribution is 2.59. The topological polar surface area (TPSA) is 197 Å². The van der Waals surface area contributed by atoms with Crippen molar-refractivity contribution in [1.29, 1.82) is 0 Å². The molecule has 11 nitrogen and oxygen atoms in total. The van der Waals surface area contributed by atoms with Gasteiger partial charge in [0.1, 0.15) is 23.7 Å². The number of carbonyl (C=O) groups excluding carboxylic acids is 1. The molecule has 0 aromatic rings. The predicted octanol–water partition coefficient (Wildman–Crippen LogP) is -0.772. The smallest absolute Gasteiger partial charge is 0.250 e. The van der Waals surface area contributed by atoms with E-state index in [1.54, 1.807) is 0 Å². The zero-order valence-electron chi connectivity index (χ0n) is 22.7. The number of aliphatic hydroxyl groups is 7. The van der Waals surface area contributed by atoms with Crippen LogP contribution in [0.1, 0.15) is 51.9 Å². The molecule has 1 aliphatic heterocycles. The van der Waals surface area contributed by atoms with Gasteiger partial charge in [0.25, 0.3) is 5.91 Å². The molecule has 11 heteroatoms. The van der Waals surface area contributed by atoms with Crippen LogP contribution in [0.15, 0.2) is 11.3 Å². The average Bonchev–Trinajstić information content (AvgIpc) is 2.90. The average molecular weight is 555 g/mol. The normalized spacial score (nSPS) is 47.6. The fraction of sp³-hybridized carbons (Fsp3) is 0.893. The molecule has 0 aromatic carbocycles. The molecular weight excluding hydrogens is 508 g/mol. The van der Waals surface area contributed by atoms with Crippen LogP contribution in [0.3, 0.4) is 0 Å². The summed E-state index contributed by atoms with van der Waals surface area (Å²) in [5.74, 6) is -3.64. The van der Waals surface area contributed by atoms with Crippen LogP contribution in [0.5, 0.6) is 0 Å². The molecule has 9 N–H and O–H groups in total. The molecule has 3 saturated carbocycles. The number of hydrogen-bond donors (Lipinski definition) is 8. The number of nitrogens with zero attached hydrogens (tertiary/aromatic N) is 1. The van der Waals surface area contributed by atoms with E-state index in [9.17, 15) is 40.5 Å². The van der Waals surface area contributed by atoms with E-state index in [4.69, 9.17) is 10.5 Å². The number of primary amides is 1. The number of carbonyl (C=O) groups is 1. The van der Waals surface area contributed by atoms with Crippen LogP contribution < -0.4 is 5.73 Å². The molecule has 4 fully saturated rings. The largest absolute Gasteiger partial charge is 0.512 e. The fourth-order valence-corrected chi connectivity index (χ4v) is 9.04. The Bertz CT molecular complexity index is 942. The van der Waals surface area contributed by atoms with E-state index >= 15 is 0 Å². The van der Waals surface area contributed by atoms with Crippen LogP contribution in [-0.2, 0) is 9.53 Å². The number of morpholine rings is 1. The number of nitrogens with two attached hydrogens (primary N) is 1. The molecule has 1 saturated heterocycles. The lowest BCUT2D eigenvalue weighted by molar-refractivity contribution is -0.261. The van der Waals surface area contributed by atoms with Gasteiger partial charge in [-0.05, 0) is 55.8 Å². The molecular formula is C28H46N2O9. The number of ether oxygens (including phenoxy) is 1. The molecule has 0 spiro atoms. The summed E-state index contributed by atoms with van der Waals surface area (Å²) in [5.41, 5.74) is 2.70. The molecule has 0 radical (unpaired) electrons. The van der Waals surface area contributed by atoms with E-state index in [2.05, 4.69) is 0 Å². The van der Waals surface area contributed by atoms with Gasteiger partial charge in [-0.2, -0.15) is 0 Å². The molecule has 222 valence electrons. The first kappa shape index (κ1) is 29.2. The summed E-state index contributed by atoms with van der Waals surface area (Å²) in [6, 6.07) is 0. The van der Waals surface area contributed by atoms with E-state index in [1.165, 1.54) is 0 Å². The third-order valence-corrected chi connectivity index (χ3v) is 11.1. The summed E-state index contributed by atoms with van der Waals surface area (Å²) in [7, 11) is 0. The molecule has 5 rings (SSSR count). The Hall–Kier alpha value is -1.31. The quantitative estimate of drug-likeness (QED) is 0.206. The molecule has 1 amide bonds. The number of rotatable bonds is 6. The third kappa shape index (κ3) is 4.82. The summed E-state index contributed by atoms with van der Waals surface area (Å²) in [5, 5.41) is 78.5. The van der Waals surface area contributed by atoms with E-state index in [-0.39, 0.29) is 35.9 Å². The van der Waals surface area contributed by atoms with E-state index in [0.29, 0.717) is 45.6 Å². The standard InChI is InChI=1S/C28H46N2O9/c1-2-13-9-14(3-4-19(32)30-5-7-39-8-6-30)17-11-15-10-16-12-18(31)22(27(29)37)26(36)28(16,38)25(35)20(15)24(34)21(17)23(13)33/h13-17,19-21,23-26,31-36,38H,2-12H2,1H3,(H2,29,37)/t13?,14?,15-,16+,17?,19?,20?,21?,23?,24?,25?,26?,28+/m1/s1. The van der Waals surface area contributed by atoms with Crippen molar-refractivity contribution in [1.82, 2.24) is 4.90 Å². The van der Waals surface area contributed by atoms with E-state index in [0.717, 1.165) is 19.3 Å². The first-order valence-corrected chi connectivity index (χ1v) is 14.7. The van der Waals surface area contributed by atoms with E-state index in [1.807, 2.05) is 11.8 Å². The van der Waals surface area contributed by atoms with Gasteiger partial charge in [0.05, 0.1) is 37.1 Å². The van der Waals surface area contributed by atoms with Crippen LogP contribution in [-0.4, -0.2) is 109 Å². The molecule has 4 aliphatic carbocycles. The summed E-state index contributed by atoms with van der Waals surface area (Å²) in [4.78, 5) is 14.0. The first-order chi connectivity index (χ1) is 18.5. The second-order valence-electron chi connectivity index (χ2n) is 12.8. The van der Waals surface area contributed by atoms with Crippen LogP contribution in [0, 0.1) is 41.4 Å². The highest BCUT2D eigenvalue weighted by molar-refractivity contribution is 5.94. The van der Waals surface area contributed by atoms with Crippen LogP contribution in [0.4, 0.5) is 0 Å². The zero-order valence-corrected chi connectivity index (χ0v) is 22.7. The van der Waals surface area contributed by atoms with Crippen molar-refractivity contribution in [2.75, 3.05) is 26.3 Å². The number of amides is 1. The minimum absolute atomic E-state index is 0.0341. The number of hydrogen-bond acceptors (Lipinski definition) is 10. The Morgan fingerprint density at radius 1 is 1.08 bits per heavy atom. The van der Waals surface area contributed by atoms with Gasteiger partial charge in [-0.3, -0.25) is 9.69 Å². The van der Waals surface area contributed by atoms with Crippen molar-refractivity contribution in [2.24, 2.45) is 47.2 Å². The number of allylic oxidation sites excluding steroid dienone is 1. The van der Waals surface area contributed by atoms with Gasteiger partial charge >= 0.3 is 0 Å². The molecule has 5 aliphatic rings. The lowest BCUT2D eigenvalue weighted by Crippen LogP contribution is -2.71. The molecule has 39 heavy (non-hydrogen) atoms. The monoisotopic (exact) mass is 554 g/mol. The predicted molar refractivity (Wildman–Crippen MR) is 139 cm³/mol. The van der Waals surface area contributed by atoms with Gasteiger partial charge in [0.15, 0.2) is 0 Å². The maximum atomic E-state index is 11.9. The van der Waals surface area contributed by atoms with Crippen LogP contribution in [0.25, 0.3) is 0 Å². The lowest BCUT2D eigenvalue weighted by atomic mass is 9.48. The Balaban J connectivity index is 1.39. The van der Waals surface area contributed by atoms with Gasteiger partial charge in [0.2, 0.25) is 0 Å². The minimum Gasteiger partial charge on any atom is -0.512 e. The second kappa shape index (κ2) is 11.2. The third-order valence-electron chi connectivity index (χ3n) is 11.1. The van der Waals surface area contributed by atoms with Gasteiger partial charge in [-0.15, -0.1) is 0 Å². The van der Waals surface area contributed by atoms with Crippen LogP contribution >= 0.6 is 0 Å². The van der Waals surface area contributed by atoms with Gasteiger partial charge in [-0.25, -0.2) is 0 Å². The van der Waals surface area contributed by atoms with Gasteiger partial charge < -0.3 is 46.2 Å². The van der Waals surface area contributed by atoms with Gasteiger partial charge in [-0.1, -0.05) is 13.3 Å². The summed E-state index contributed by atoms with van der Waals surface area (Å²) in [6.07, 6.45) is -2.26. The summed E-state index contributed by atoms with van der Waals surface area (Å²) in [6.45, 7) is 4.58. The van der Waals surface area contributed by atoms with Gasteiger partial charge in [0, 0.05) is 37.3 Å². The maximum Gasteiger partial charge on any atom is 0.250 e. The number of aliphatic hydroxyl groups excluding tert-OH is 6. The SMILES string of the molecule is CCC1CC(CCC(O)N2CCOCC2)C2C[C@H]3C[C@H]4CC(O)=C(C(N)=O)C(O)[C@@]4(O)C(O)C3C(O)C2C1O. The summed E-state index contributed by atoms with van der Waals surface area (Å²) < 4.78 is 5.40. The fourth-order valence-electron chi connectivity index (χ4n) is 9.04. The number of fused-ring (bicyclic) bond motifs is 3. The van der Waals surface area contributed by atoms with E-state index < -0.39 is 65.5 Å². The molecule has 0 aromatic heterocycles. The maximum absolute atomic E-state index is 11.9. The highest BCUT2D eigenvalue weighted by Gasteiger charge is 2.65. The zero-order chi connectivity index (χ0) is 28.2. The summed E-state index contributed by atoms with van der Waals surface area (Å²) >= 11 is 0. The van der Waals surface area contributed by atoms with Crippen molar-refractivity contribution in [3.63, 3.8) is 0 Å². The van der Waals surface area contributed by atoms with Crippen molar-refractivity contribution in [3.05, 3.63) is 11.3 Å². The second-order valence-corrected chi connectivity index (χ2v) is 12.8. The Morgan fingerprint density at radius 2 is 1.77 bits per heavy atom. The van der Waals surface area contributed by atoms with Crippen molar-refractivity contribution in [3.8, 4) is 0 Å². The van der Waals surface area contributed by atoms with Crippen LogP contribution in [0.2, 0.25) is 0 Å². The Labute approximate surface area is 229 Å². The Morgan fingerprint density at radius 3 is 2.41 bits per heavy atom. The minimum atomic E-state index is -2.16.